The van der Waals surface area contributed by atoms with Crippen LogP contribution >= 0.6 is 0 Å². The van der Waals surface area contributed by atoms with Gasteiger partial charge in [-0.05, 0) is 29.8 Å². The van der Waals surface area contributed by atoms with Crippen LogP contribution in [0.3, 0.4) is 0 Å². The molecule has 0 bridgehead atoms. The predicted molar refractivity (Wildman–Crippen MR) is 52.3 cm³/mol. The van der Waals surface area contributed by atoms with E-state index in [1.807, 2.05) is 0 Å². The van der Waals surface area contributed by atoms with E-state index in [0.29, 0.717) is 11.1 Å². The van der Waals surface area contributed by atoms with Gasteiger partial charge in [0.05, 0.1) is 0 Å². The summed E-state index contributed by atoms with van der Waals surface area (Å²) in [6.07, 6.45) is 0. The minimum Gasteiger partial charge on any atom is -0.507 e. The molecule has 0 aromatic heterocycles. The number of aromatic hydroxyl groups is 1. The summed E-state index contributed by atoms with van der Waals surface area (Å²) in [4.78, 5) is 0. The Hall–Kier alpha value is -1.83. The molecular weight excluding hydrogens is 179 g/mol. The Morgan fingerprint density at radius 1 is 1.21 bits per heavy atom. The fourth-order valence-corrected chi connectivity index (χ4v) is 1.32. The summed E-state index contributed by atoms with van der Waals surface area (Å²) < 4.78 is 12.9. The molecule has 0 saturated heterocycles. The lowest BCUT2D eigenvalue weighted by Gasteiger charge is -2.03. The summed E-state index contributed by atoms with van der Waals surface area (Å²) in [5.41, 5.74) is 1.28. The fourth-order valence-electron chi connectivity index (χ4n) is 1.32. The first-order chi connectivity index (χ1) is 6.77. The van der Waals surface area contributed by atoms with Crippen LogP contribution in [-0.2, 0) is 0 Å². The molecule has 2 aromatic rings. The smallest absolute Gasteiger partial charge is 0.124 e. The van der Waals surface area contributed by atoms with Crippen LogP contribution in [0.5, 0.6) is 5.75 Å². The Morgan fingerprint density at radius 3 is 2.79 bits per heavy atom. The van der Waals surface area contributed by atoms with E-state index in [1.54, 1.807) is 24.3 Å². The van der Waals surface area contributed by atoms with Gasteiger partial charge in [-0.1, -0.05) is 24.3 Å². The molecule has 0 saturated carbocycles. The zero-order valence-corrected chi connectivity index (χ0v) is 7.37. The number of rotatable bonds is 1. The van der Waals surface area contributed by atoms with Gasteiger partial charge in [0.1, 0.15) is 11.6 Å². The lowest BCUT2D eigenvalue weighted by atomic mass is 10.0. The van der Waals surface area contributed by atoms with E-state index in [4.69, 9.17) is 0 Å². The van der Waals surface area contributed by atoms with Crippen molar-refractivity contribution in [2.75, 3.05) is 0 Å². The van der Waals surface area contributed by atoms with Crippen molar-refractivity contribution < 1.29 is 9.50 Å². The van der Waals surface area contributed by atoms with Gasteiger partial charge >= 0.3 is 0 Å². The van der Waals surface area contributed by atoms with Crippen molar-refractivity contribution in [1.29, 1.82) is 0 Å². The van der Waals surface area contributed by atoms with E-state index in [9.17, 15) is 9.50 Å². The molecule has 69 valence electrons. The first kappa shape index (κ1) is 8.75. The Morgan fingerprint density at radius 2 is 2.07 bits per heavy atom. The van der Waals surface area contributed by atoms with E-state index in [2.05, 4.69) is 6.07 Å². The van der Waals surface area contributed by atoms with Crippen LogP contribution in [0.15, 0.2) is 42.5 Å². The monoisotopic (exact) mass is 187 g/mol. The van der Waals surface area contributed by atoms with Crippen LogP contribution in [0.25, 0.3) is 11.1 Å². The molecule has 0 spiro atoms. The third kappa shape index (κ3) is 1.59. The Bertz CT molecular complexity index is 452. The van der Waals surface area contributed by atoms with Crippen molar-refractivity contribution in [3.63, 3.8) is 0 Å². The molecule has 1 radical (unpaired) electrons. The average Bonchev–Trinajstić information content (AvgIpc) is 2.18. The van der Waals surface area contributed by atoms with Crippen LogP contribution in [0.2, 0.25) is 0 Å². The highest BCUT2D eigenvalue weighted by Crippen LogP contribution is 2.28. The molecule has 0 unspecified atom stereocenters. The Labute approximate surface area is 81.4 Å². The summed E-state index contributed by atoms with van der Waals surface area (Å²) in [6.45, 7) is 0. The standard InChI is InChI=1S/C12H8FO/c13-10-5-3-4-9(8-10)11-6-1-2-7-12(11)14/h1,3-8,14H. The third-order valence-corrected chi connectivity index (χ3v) is 1.98. The van der Waals surface area contributed by atoms with Crippen molar-refractivity contribution in [1.82, 2.24) is 0 Å². The number of halogens is 1. The van der Waals surface area contributed by atoms with Crippen LogP contribution < -0.4 is 0 Å². The first-order valence-corrected chi connectivity index (χ1v) is 4.22. The molecule has 2 heteroatoms. The SMILES string of the molecule is Oc1c[c]ccc1-c1cccc(F)c1. The summed E-state index contributed by atoms with van der Waals surface area (Å²) in [5.74, 6) is -0.201. The van der Waals surface area contributed by atoms with Crippen molar-refractivity contribution in [3.8, 4) is 16.9 Å². The number of phenolic OH excluding ortho intramolecular Hbond substituents is 1. The topological polar surface area (TPSA) is 20.2 Å². The second kappa shape index (κ2) is 3.50. The molecule has 0 aliphatic carbocycles. The quantitative estimate of drug-likeness (QED) is 0.727. The van der Waals surface area contributed by atoms with Crippen molar-refractivity contribution in [3.05, 3.63) is 54.3 Å². The Kier molecular flexibility index (Phi) is 2.19. The highest BCUT2D eigenvalue weighted by Gasteiger charge is 2.03. The number of hydrogen-bond donors (Lipinski definition) is 1. The van der Waals surface area contributed by atoms with Crippen LogP contribution in [-0.4, -0.2) is 5.11 Å². The zero-order valence-electron chi connectivity index (χ0n) is 7.37. The zero-order chi connectivity index (χ0) is 9.97. The lowest BCUT2D eigenvalue weighted by Crippen LogP contribution is -1.80. The van der Waals surface area contributed by atoms with E-state index in [-0.39, 0.29) is 11.6 Å². The molecule has 1 nitrogen and oxygen atoms in total. The Balaban J connectivity index is 2.55. The average molecular weight is 187 g/mol. The highest BCUT2D eigenvalue weighted by molar-refractivity contribution is 5.69. The predicted octanol–water partition coefficient (Wildman–Crippen LogP) is 3.00. The van der Waals surface area contributed by atoms with Crippen molar-refractivity contribution in [2.45, 2.75) is 0 Å². The van der Waals surface area contributed by atoms with Gasteiger partial charge in [0.2, 0.25) is 0 Å². The molecule has 0 aliphatic heterocycles. The van der Waals surface area contributed by atoms with Gasteiger partial charge in [-0.25, -0.2) is 4.39 Å². The van der Waals surface area contributed by atoms with Crippen LogP contribution in [0.4, 0.5) is 4.39 Å². The molecule has 1 N–H and O–H groups in total. The number of phenols is 1. The summed E-state index contributed by atoms with van der Waals surface area (Å²) in [7, 11) is 0. The molecule has 0 fully saturated rings. The van der Waals surface area contributed by atoms with Crippen LogP contribution in [0, 0.1) is 11.9 Å². The van der Waals surface area contributed by atoms with Gasteiger partial charge in [-0.3, -0.25) is 0 Å². The fraction of sp³-hybridized carbons (Fsp3) is 0. The second-order valence-corrected chi connectivity index (χ2v) is 2.95. The maximum Gasteiger partial charge on any atom is 0.124 e. The normalized spacial score (nSPS) is 10.1. The van der Waals surface area contributed by atoms with Crippen molar-refractivity contribution >= 4 is 0 Å². The minimum atomic E-state index is -0.310. The third-order valence-electron chi connectivity index (χ3n) is 1.98. The van der Waals surface area contributed by atoms with Gasteiger partial charge in [0.25, 0.3) is 0 Å². The van der Waals surface area contributed by atoms with Gasteiger partial charge in [-0.15, -0.1) is 0 Å². The molecule has 0 heterocycles. The van der Waals surface area contributed by atoms with Crippen LogP contribution in [0.1, 0.15) is 0 Å². The summed E-state index contributed by atoms with van der Waals surface area (Å²) in [5, 5.41) is 9.50. The van der Waals surface area contributed by atoms with Gasteiger partial charge in [0.15, 0.2) is 0 Å². The van der Waals surface area contributed by atoms with E-state index < -0.39 is 0 Å². The molecule has 0 atom stereocenters. The minimum absolute atomic E-state index is 0.109. The maximum absolute atomic E-state index is 12.9. The molecule has 0 aliphatic rings. The van der Waals surface area contributed by atoms with E-state index in [0.717, 1.165) is 0 Å². The van der Waals surface area contributed by atoms with E-state index >= 15 is 0 Å². The second-order valence-electron chi connectivity index (χ2n) is 2.95. The lowest BCUT2D eigenvalue weighted by molar-refractivity contribution is 0.477. The molecule has 2 rings (SSSR count). The van der Waals surface area contributed by atoms with Gasteiger partial charge in [-0.2, -0.15) is 0 Å². The largest absolute Gasteiger partial charge is 0.507 e. The first-order valence-electron chi connectivity index (χ1n) is 4.22. The highest BCUT2D eigenvalue weighted by atomic mass is 19.1. The van der Waals surface area contributed by atoms with Gasteiger partial charge < -0.3 is 5.11 Å². The molecule has 0 amide bonds. The maximum atomic E-state index is 12.9. The number of benzene rings is 2. The van der Waals surface area contributed by atoms with Gasteiger partial charge in [0, 0.05) is 5.56 Å². The summed E-state index contributed by atoms with van der Waals surface area (Å²) in [6, 6.07) is 13.7. The van der Waals surface area contributed by atoms with E-state index in [1.165, 1.54) is 18.2 Å². The summed E-state index contributed by atoms with van der Waals surface area (Å²) >= 11 is 0. The molecule has 2 aromatic carbocycles. The van der Waals surface area contributed by atoms with Crippen molar-refractivity contribution in [2.24, 2.45) is 0 Å². The molecular formula is C12H8FO. The molecule has 14 heavy (non-hydrogen) atoms. The number of hydrogen-bond acceptors (Lipinski definition) is 1.